The molecule has 1 N–H and O–H groups in total. The first-order valence-corrected chi connectivity index (χ1v) is 13.8. The SMILES string of the molecule is C=C[C@@H]1C[C@@H](c2ccc(O[Si](C)(C)C(C)(C)C)c(OC)c2)[C@@H]2[C@H]1C(=C)CC[C@@H]2O. The normalized spacial score (nSPS) is 30.0. The van der Waals surface area contributed by atoms with E-state index in [4.69, 9.17) is 9.16 Å². The standard InChI is InChI=1S/C25H38O3Si/c1-9-17-14-19(24-20(26)12-10-16(2)23(17)24)18-11-13-21(22(15-18)27-6)28-29(7,8)25(3,4)5/h9,11,13,15,17,19-20,23-24,26H,1-2,10,12,14H2,3-8H3/t17-,19+,20+,23+,24+/m1/s1. The number of aliphatic hydroxyl groups excluding tert-OH is 1. The molecule has 0 radical (unpaired) electrons. The van der Waals surface area contributed by atoms with Crippen molar-refractivity contribution in [3.8, 4) is 11.5 Å². The highest BCUT2D eigenvalue weighted by molar-refractivity contribution is 6.74. The van der Waals surface area contributed by atoms with Crippen LogP contribution in [0.15, 0.2) is 43.0 Å². The molecule has 1 aromatic rings. The smallest absolute Gasteiger partial charge is 0.250 e. The Labute approximate surface area is 178 Å². The summed E-state index contributed by atoms with van der Waals surface area (Å²) < 4.78 is 12.3. The van der Waals surface area contributed by atoms with E-state index in [9.17, 15) is 5.11 Å². The third-order valence-corrected chi connectivity index (χ3v) is 12.0. The lowest BCUT2D eigenvalue weighted by atomic mass is 9.70. The highest BCUT2D eigenvalue weighted by Gasteiger charge is 2.49. The van der Waals surface area contributed by atoms with Gasteiger partial charge in [-0.3, -0.25) is 0 Å². The number of rotatable bonds is 5. The summed E-state index contributed by atoms with van der Waals surface area (Å²) in [4.78, 5) is 0. The number of ether oxygens (including phenoxy) is 1. The molecule has 160 valence electrons. The average Bonchev–Trinajstić information content (AvgIpc) is 3.05. The molecular weight excluding hydrogens is 376 g/mol. The van der Waals surface area contributed by atoms with Gasteiger partial charge in [-0.2, -0.15) is 0 Å². The predicted molar refractivity (Wildman–Crippen MR) is 123 cm³/mol. The summed E-state index contributed by atoms with van der Waals surface area (Å²) in [7, 11) is -0.245. The van der Waals surface area contributed by atoms with Crippen LogP contribution in [0.2, 0.25) is 18.1 Å². The molecule has 0 amide bonds. The summed E-state index contributed by atoms with van der Waals surface area (Å²) in [6.07, 6.45) is 4.51. The van der Waals surface area contributed by atoms with Crippen LogP contribution in [0.1, 0.15) is 51.5 Å². The minimum atomic E-state index is -1.95. The van der Waals surface area contributed by atoms with E-state index in [1.165, 1.54) is 11.1 Å². The van der Waals surface area contributed by atoms with Crippen molar-refractivity contribution in [3.63, 3.8) is 0 Å². The van der Waals surface area contributed by atoms with Crippen molar-refractivity contribution >= 4 is 8.32 Å². The van der Waals surface area contributed by atoms with Gasteiger partial charge in [-0.1, -0.05) is 45.1 Å². The lowest BCUT2D eigenvalue weighted by molar-refractivity contribution is 0.0565. The highest BCUT2D eigenvalue weighted by Crippen LogP contribution is 2.56. The Morgan fingerprint density at radius 2 is 1.90 bits per heavy atom. The van der Waals surface area contributed by atoms with Crippen molar-refractivity contribution in [3.05, 3.63) is 48.6 Å². The molecule has 0 aliphatic heterocycles. The third kappa shape index (κ3) is 4.06. The maximum atomic E-state index is 10.8. The van der Waals surface area contributed by atoms with Crippen LogP contribution in [0.5, 0.6) is 11.5 Å². The van der Waals surface area contributed by atoms with Crippen LogP contribution >= 0.6 is 0 Å². The number of benzene rings is 1. The first-order valence-electron chi connectivity index (χ1n) is 10.9. The number of hydrogen-bond donors (Lipinski definition) is 1. The molecule has 0 unspecified atom stereocenters. The molecule has 29 heavy (non-hydrogen) atoms. The molecule has 0 spiro atoms. The second kappa shape index (κ2) is 7.96. The van der Waals surface area contributed by atoms with E-state index in [0.717, 1.165) is 30.8 Å². The Morgan fingerprint density at radius 1 is 1.21 bits per heavy atom. The number of hydrogen-bond acceptors (Lipinski definition) is 3. The molecule has 0 bridgehead atoms. The molecule has 2 saturated carbocycles. The van der Waals surface area contributed by atoms with E-state index in [1.54, 1.807) is 7.11 Å². The minimum absolute atomic E-state index is 0.124. The lowest BCUT2D eigenvalue weighted by Gasteiger charge is -2.37. The van der Waals surface area contributed by atoms with Gasteiger partial charge in [0.2, 0.25) is 0 Å². The van der Waals surface area contributed by atoms with Gasteiger partial charge in [0.15, 0.2) is 5.75 Å². The van der Waals surface area contributed by atoms with Gasteiger partial charge < -0.3 is 14.3 Å². The van der Waals surface area contributed by atoms with Crippen molar-refractivity contribution in [2.75, 3.05) is 7.11 Å². The van der Waals surface area contributed by atoms with Gasteiger partial charge in [-0.05, 0) is 78.8 Å². The van der Waals surface area contributed by atoms with E-state index in [0.29, 0.717) is 11.8 Å². The van der Waals surface area contributed by atoms with Crippen LogP contribution in [0, 0.1) is 17.8 Å². The lowest BCUT2D eigenvalue weighted by Crippen LogP contribution is -2.43. The quantitative estimate of drug-likeness (QED) is 0.453. The monoisotopic (exact) mass is 414 g/mol. The fraction of sp³-hybridized carbons (Fsp3) is 0.600. The molecule has 3 rings (SSSR count). The number of allylic oxidation sites excluding steroid dienone is 2. The number of fused-ring (bicyclic) bond motifs is 1. The zero-order valence-corrected chi connectivity index (χ0v) is 20.0. The molecule has 2 fully saturated rings. The summed E-state index contributed by atoms with van der Waals surface area (Å²) in [6.45, 7) is 19.6. The summed E-state index contributed by atoms with van der Waals surface area (Å²) >= 11 is 0. The van der Waals surface area contributed by atoms with E-state index < -0.39 is 8.32 Å². The molecule has 0 saturated heterocycles. The number of aliphatic hydroxyl groups is 1. The van der Waals surface area contributed by atoms with E-state index in [2.05, 4.69) is 71.3 Å². The topological polar surface area (TPSA) is 38.7 Å². The predicted octanol–water partition coefficient (Wildman–Crippen LogP) is 6.31. The third-order valence-electron chi connectivity index (χ3n) is 7.63. The van der Waals surface area contributed by atoms with Gasteiger partial charge in [0, 0.05) is 0 Å². The first kappa shape index (κ1) is 22.2. The Kier molecular flexibility index (Phi) is 6.08. The summed E-state index contributed by atoms with van der Waals surface area (Å²) in [5, 5.41) is 11.0. The summed E-state index contributed by atoms with van der Waals surface area (Å²) in [5.41, 5.74) is 2.50. The molecule has 1 aromatic carbocycles. The largest absolute Gasteiger partial charge is 0.541 e. The molecule has 5 atom stereocenters. The fourth-order valence-corrected chi connectivity index (χ4v) is 5.96. The van der Waals surface area contributed by atoms with Gasteiger partial charge in [0.25, 0.3) is 8.32 Å². The van der Waals surface area contributed by atoms with E-state index in [1.807, 2.05) is 0 Å². The zero-order valence-electron chi connectivity index (χ0n) is 19.0. The molecule has 2 aliphatic rings. The molecular formula is C25H38O3Si. The molecule has 0 heterocycles. The highest BCUT2D eigenvalue weighted by atomic mass is 28.4. The first-order chi connectivity index (χ1) is 13.5. The number of methoxy groups -OCH3 is 1. The van der Waals surface area contributed by atoms with Crippen LogP contribution in [0.3, 0.4) is 0 Å². The van der Waals surface area contributed by atoms with Gasteiger partial charge >= 0.3 is 0 Å². The second-order valence-corrected chi connectivity index (χ2v) is 15.1. The average molecular weight is 415 g/mol. The van der Waals surface area contributed by atoms with Gasteiger partial charge in [-0.15, -0.1) is 6.58 Å². The Hall–Kier alpha value is -1.52. The fourth-order valence-electron chi connectivity index (χ4n) is 4.94. The van der Waals surface area contributed by atoms with Crippen LogP contribution in [0.4, 0.5) is 0 Å². The summed E-state index contributed by atoms with van der Waals surface area (Å²) in [5.74, 6) is 2.81. The Bertz CT molecular complexity index is 777. The maximum absolute atomic E-state index is 10.8. The summed E-state index contributed by atoms with van der Waals surface area (Å²) in [6, 6.07) is 6.36. The molecule has 3 nitrogen and oxygen atoms in total. The van der Waals surface area contributed by atoms with Crippen LogP contribution in [-0.2, 0) is 0 Å². The van der Waals surface area contributed by atoms with E-state index >= 15 is 0 Å². The van der Waals surface area contributed by atoms with Gasteiger partial charge in [0.05, 0.1) is 13.2 Å². The van der Waals surface area contributed by atoms with Crippen molar-refractivity contribution in [2.24, 2.45) is 17.8 Å². The van der Waals surface area contributed by atoms with Crippen LogP contribution in [-0.4, -0.2) is 26.6 Å². The molecule has 4 heteroatoms. The molecule has 2 aliphatic carbocycles. The Morgan fingerprint density at radius 3 is 2.48 bits per heavy atom. The minimum Gasteiger partial charge on any atom is -0.541 e. The van der Waals surface area contributed by atoms with Crippen molar-refractivity contribution < 1.29 is 14.3 Å². The van der Waals surface area contributed by atoms with Crippen LogP contribution < -0.4 is 9.16 Å². The van der Waals surface area contributed by atoms with Crippen molar-refractivity contribution in [1.29, 1.82) is 0 Å². The van der Waals surface area contributed by atoms with Gasteiger partial charge in [-0.25, -0.2) is 0 Å². The van der Waals surface area contributed by atoms with E-state index in [-0.39, 0.29) is 23.0 Å². The maximum Gasteiger partial charge on any atom is 0.250 e. The van der Waals surface area contributed by atoms with Crippen molar-refractivity contribution in [2.45, 2.75) is 70.2 Å². The van der Waals surface area contributed by atoms with Crippen LogP contribution in [0.25, 0.3) is 0 Å². The van der Waals surface area contributed by atoms with Crippen molar-refractivity contribution in [1.82, 2.24) is 0 Å². The molecule has 0 aromatic heterocycles. The van der Waals surface area contributed by atoms with Gasteiger partial charge in [0.1, 0.15) is 5.75 Å². The zero-order chi connectivity index (χ0) is 21.6. The second-order valence-electron chi connectivity index (χ2n) is 10.4. The Balaban J connectivity index is 1.93.